The van der Waals surface area contributed by atoms with Gasteiger partial charge in [-0.25, -0.2) is 0 Å². The summed E-state index contributed by atoms with van der Waals surface area (Å²) in [6, 6.07) is 0. The molecule has 0 bridgehead atoms. The van der Waals surface area contributed by atoms with Gasteiger partial charge in [0.1, 0.15) is 0 Å². The lowest BCUT2D eigenvalue weighted by Gasteiger charge is -2.30. The zero-order valence-corrected chi connectivity index (χ0v) is 17.2. The van der Waals surface area contributed by atoms with Crippen LogP contribution in [0, 0.1) is 5.21 Å². The molecule has 0 aromatic carbocycles. The van der Waals surface area contributed by atoms with Crippen molar-refractivity contribution < 1.29 is 22.9 Å². The van der Waals surface area contributed by atoms with Crippen molar-refractivity contribution in [2.24, 2.45) is 0 Å². The maximum Gasteiger partial charge on any atom is 0.304 e. The lowest BCUT2D eigenvalue weighted by atomic mass is 10.1. The Morgan fingerprint density at radius 3 is 2.62 bits per heavy atom. The van der Waals surface area contributed by atoms with Crippen molar-refractivity contribution in [3.63, 3.8) is 0 Å². The Labute approximate surface area is 162 Å². The van der Waals surface area contributed by atoms with Crippen molar-refractivity contribution in [1.29, 1.82) is 0 Å². The van der Waals surface area contributed by atoms with Gasteiger partial charge in [0, 0.05) is 37.2 Å². The van der Waals surface area contributed by atoms with Gasteiger partial charge in [-0.2, -0.15) is 8.42 Å². The van der Waals surface area contributed by atoms with Crippen LogP contribution in [0.2, 0.25) is 0 Å². The van der Waals surface area contributed by atoms with Crippen LogP contribution in [-0.4, -0.2) is 83.6 Å². The fourth-order valence-corrected chi connectivity index (χ4v) is 5.95. The van der Waals surface area contributed by atoms with Gasteiger partial charge in [-0.15, -0.1) is 0 Å². The predicted octanol–water partition coefficient (Wildman–Crippen LogP) is 1.28. The summed E-state index contributed by atoms with van der Waals surface area (Å²) in [6.07, 6.45) is 4.06. The van der Waals surface area contributed by atoms with E-state index >= 15 is 0 Å². The van der Waals surface area contributed by atoms with E-state index < -0.39 is 21.8 Å². The molecule has 0 spiro atoms. The quantitative estimate of drug-likeness (QED) is 0.150. The van der Waals surface area contributed by atoms with E-state index in [-0.39, 0.29) is 26.1 Å². The topological polar surface area (TPSA) is 133 Å². The second-order valence-corrected chi connectivity index (χ2v) is 10.5. The molecule has 26 heavy (non-hydrogen) atoms. The highest BCUT2D eigenvalue weighted by atomic mass is 33.1. The zero-order valence-electron chi connectivity index (χ0n) is 14.7. The molecule has 12 heteroatoms. The van der Waals surface area contributed by atoms with Crippen LogP contribution in [0.25, 0.3) is 0 Å². The summed E-state index contributed by atoms with van der Waals surface area (Å²) in [5.74, 6) is -0.245. The van der Waals surface area contributed by atoms with Crippen molar-refractivity contribution in [1.82, 2.24) is 15.5 Å². The maximum atomic E-state index is 11.8. The number of hydroxylamine groups is 1. The first-order valence-corrected chi connectivity index (χ1v) is 12.6. The number of hydrogen-bond donors (Lipinski definition) is 3. The average molecular weight is 431 g/mol. The van der Waals surface area contributed by atoms with Crippen molar-refractivity contribution in [2.45, 2.75) is 37.4 Å². The predicted molar refractivity (Wildman–Crippen MR) is 105 cm³/mol. The Balaban J connectivity index is 2.16. The maximum absolute atomic E-state index is 11.8. The molecule has 1 atom stereocenters. The Morgan fingerprint density at radius 1 is 1.23 bits per heavy atom. The molecule has 0 aliphatic carbocycles. The van der Waals surface area contributed by atoms with Gasteiger partial charge < -0.3 is 20.4 Å². The van der Waals surface area contributed by atoms with Crippen LogP contribution in [0.1, 0.15) is 32.1 Å². The highest BCUT2D eigenvalue weighted by Gasteiger charge is 2.15. The van der Waals surface area contributed by atoms with Gasteiger partial charge in [0.2, 0.25) is 0 Å². The third-order valence-corrected chi connectivity index (χ3v) is 7.59. The van der Waals surface area contributed by atoms with Crippen molar-refractivity contribution in [3.8, 4) is 0 Å². The number of rotatable bonds is 15. The van der Waals surface area contributed by atoms with Gasteiger partial charge in [-0.05, 0) is 25.8 Å². The number of carboxylic acids is 1. The van der Waals surface area contributed by atoms with Gasteiger partial charge >= 0.3 is 5.97 Å². The molecule has 1 unspecified atom stereocenters. The molecule has 9 nitrogen and oxygen atoms in total. The molecule has 0 aromatic heterocycles. The summed E-state index contributed by atoms with van der Waals surface area (Å²) in [7, 11) is -0.265. The number of carbonyl (C=O) groups is 1. The molecule has 0 saturated carbocycles. The van der Waals surface area contributed by atoms with E-state index in [4.69, 9.17) is 9.66 Å². The van der Waals surface area contributed by atoms with Crippen LogP contribution in [0.15, 0.2) is 0 Å². The lowest BCUT2D eigenvalue weighted by molar-refractivity contribution is -0.137. The Kier molecular flexibility index (Phi) is 12.1. The third kappa shape index (κ3) is 13.1. The molecule has 0 radical (unpaired) electrons. The Bertz CT molecular complexity index is 502. The molecule has 3 N–H and O–H groups in total. The van der Waals surface area contributed by atoms with Gasteiger partial charge in [-0.1, -0.05) is 28.0 Å². The lowest BCUT2D eigenvalue weighted by Crippen LogP contribution is -2.41. The normalized spacial score (nSPS) is 18.1. The van der Waals surface area contributed by atoms with Crippen LogP contribution in [0.5, 0.6) is 0 Å². The minimum atomic E-state index is -4.11. The van der Waals surface area contributed by atoms with E-state index in [1.165, 1.54) is 12.2 Å². The first-order chi connectivity index (χ1) is 12.3. The van der Waals surface area contributed by atoms with Gasteiger partial charge in [-0.3, -0.25) is 14.8 Å². The number of nitrogens with zero attached hydrogens (tertiary/aromatic N) is 2. The fraction of sp³-hybridized carbons (Fsp3) is 0.929. The summed E-state index contributed by atoms with van der Waals surface area (Å²) in [4.78, 5) is 12.3. The number of aliphatic carboxylic acids is 1. The highest BCUT2D eigenvalue weighted by molar-refractivity contribution is 8.77. The van der Waals surface area contributed by atoms with Gasteiger partial charge in [0.05, 0.1) is 12.2 Å². The van der Waals surface area contributed by atoms with Crippen molar-refractivity contribution in [2.75, 3.05) is 44.2 Å². The van der Waals surface area contributed by atoms with E-state index in [1.807, 2.05) is 21.6 Å². The van der Waals surface area contributed by atoms with Crippen LogP contribution in [0.4, 0.5) is 0 Å². The van der Waals surface area contributed by atoms with Gasteiger partial charge in [0.15, 0.2) is 0 Å². The number of nitrogens with one attached hydrogen (secondary N) is 1. The highest BCUT2D eigenvalue weighted by Crippen LogP contribution is 2.39. The molecule has 0 aromatic rings. The summed E-state index contributed by atoms with van der Waals surface area (Å²) in [5.41, 5.74) is 2.69. The van der Waals surface area contributed by atoms with Crippen LogP contribution >= 0.6 is 21.6 Å². The smallest absolute Gasteiger partial charge is 0.304 e. The van der Waals surface area contributed by atoms with Crippen LogP contribution in [-0.2, 0) is 14.9 Å². The fourth-order valence-electron chi connectivity index (χ4n) is 2.44. The minimum Gasteiger partial charge on any atom is -0.772 e. The first kappa shape index (κ1) is 24.0. The Hall–Kier alpha value is -0.0800. The largest absolute Gasteiger partial charge is 0.772 e. The summed E-state index contributed by atoms with van der Waals surface area (Å²) in [6.45, 7) is 1.15. The van der Waals surface area contributed by atoms with Crippen molar-refractivity contribution >= 4 is 37.7 Å². The van der Waals surface area contributed by atoms with E-state index in [1.54, 1.807) is 4.90 Å². The van der Waals surface area contributed by atoms with Crippen molar-refractivity contribution in [3.05, 3.63) is 5.21 Å². The van der Waals surface area contributed by atoms with Gasteiger partial charge in [0.25, 0.3) is 10.1 Å². The summed E-state index contributed by atoms with van der Waals surface area (Å²) < 4.78 is 30.5. The van der Waals surface area contributed by atoms with Crippen LogP contribution in [0.3, 0.4) is 0 Å². The molecule has 1 heterocycles. The first-order valence-electron chi connectivity index (χ1n) is 8.62. The number of hydrazine groups is 1. The molecule has 1 rings (SSSR count). The molecule has 1 aliphatic rings. The number of carboxylic acid groups (broad SMARTS) is 1. The molecule has 1 fully saturated rings. The monoisotopic (exact) mass is 430 g/mol. The van der Waals surface area contributed by atoms with E-state index in [9.17, 15) is 18.4 Å². The number of unbranched alkanes of at least 4 members (excludes halogenated alkanes) is 1. The second kappa shape index (κ2) is 13.2. The molecule has 1 aliphatic heterocycles. The second-order valence-electron chi connectivity index (χ2n) is 6.11. The Morgan fingerprint density at radius 2 is 2.00 bits per heavy atom. The average Bonchev–Trinajstić information content (AvgIpc) is 3.06. The van der Waals surface area contributed by atoms with Crippen LogP contribution < -0.4 is 5.43 Å². The van der Waals surface area contributed by atoms with E-state index in [2.05, 4.69) is 5.43 Å². The molecule has 1 saturated heterocycles. The molecular formula is C14H28N3O6S3-. The zero-order chi connectivity index (χ0) is 19.4. The summed E-state index contributed by atoms with van der Waals surface area (Å²) >= 11 is 0. The minimum absolute atomic E-state index is 0.0176. The summed E-state index contributed by atoms with van der Waals surface area (Å²) in [5, 5.41) is 22.0. The number of hydrogen-bond acceptors (Lipinski definition) is 9. The third-order valence-electron chi connectivity index (χ3n) is 3.89. The standard InChI is InChI=1S/C14H28N3O6S3/c18-14(19)4-8-16(10-12-26(21,22)23)9-6-15-17(20)7-2-1-3-13-5-11-24-25-13/h13,15H,1-12H2,(H,18,19)(H,21,22,23)/q-1. The molecular weight excluding hydrogens is 402 g/mol. The van der Waals surface area contributed by atoms with E-state index in [0.29, 0.717) is 18.3 Å². The SMILES string of the molecule is O=C(O)CCN(CCNN([O-])CCCCC1CCSS1)CCS(=O)(=O)O. The molecule has 154 valence electrons. The molecule has 0 amide bonds. The van der Waals surface area contributed by atoms with E-state index in [0.717, 1.165) is 24.4 Å².